The van der Waals surface area contributed by atoms with E-state index in [1.54, 1.807) is 6.92 Å². The standard InChI is InChI=1S/C5H11O5PS.2K/c1-4-8-2-5(10-4)3-9-11(6,7)12;;/h4-5H,2-3H2,1H3,(H2,6,7,12);;/q;2*+1/p-2. The Bertz CT molecular complexity index is 201. The van der Waals surface area contributed by atoms with Gasteiger partial charge in [0, 0.05) is 0 Å². The van der Waals surface area contributed by atoms with Gasteiger partial charge in [-0.2, -0.15) is 0 Å². The molecule has 0 N–H and O–H groups in total. The second-order valence-corrected chi connectivity index (χ2v) is 4.90. The van der Waals surface area contributed by atoms with Gasteiger partial charge in [-0.25, -0.2) is 0 Å². The smallest absolute Gasteiger partial charge is 0.812 e. The molecule has 1 aliphatic heterocycles. The van der Waals surface area contributed by atoms with Crippen LogP contribution in [0.3, 0.4) is 0 Å². The summed E-state index contributed by atoms with van der Waals surface area (Å²) < 4.78 is 14.5. The van der Waals surface area contributed by atoms with E-state index in [1.165, 1.54) is 0 Å². The molecule has 0 aromatic heterocycles. The van der Waals surface area contributed by atoms with Crippen LogP contribution in [0, 0.1) is 0 Å². The van der Waals surface area contributed by atoms with Crippen LogP contribution < -0.4 is 113 Å². The van der Waals surface area contributed by atoms with Crippen molar-refractivity contribution in [2.45, 2.75) is 19.3 Å². The Kier molecular flexibility index (Phi) is 13.8. The van der Waals surface area contributed by atoms with E-state index in [0.717, 1.165) is 0 Å². The maximum Gasteiger partial charge on any atom is 1.00 e. The van der Waals surface area contributed by atoms with Crippen molar-refractivity contribution in [3.05, 3.63) is 0 Å². The number of ether oxygens (including phenoxy) is 2. The first-order valence-corrected chi connectivity index (χ1v) is 5.96. The van der Waals surface area contributed by atoms with Gasteiger partial charge in [-0.3, -0.25) is 0 Å². The molecule has 72 valence electrons. The number of rotatable bonds is 3. The predicted octanol–water partition coefficient (Wildman–Crippen LogP) is -7.28. The summed E-state index contributed by atoms with van der Waals surface area (Å²) in [5.74, 6) is 0. The molecule has 9 heteroatoms. The minimum atomic E-state index is -4.04. The van der Waals surface area contributed by atoms with E-state index in [4.69, 9.17) is 9.47 Å². The molecule has 5 nitrogen and oxygen atoms in total. The molecule has 14 heavy (non-hydrogen) atoms. The third kappa shape index (κ3) is 9.72. The SMILES string of the molecule is CC1OCC(COP([O-])([O-])=S)O1.[K+].[K+]. The van der Waals surface area contributed by atoms with Gasteiger partial charge in [0.25, 0.3) is 0 Å². The molecule has 1 heterocycles. The molecule has 1 saturated heterocycles. The van der Waals surface area contributed by atoms with Crippen LogP contribution in [-0.2, 0) is 25.8 Å². The molecule has 1 aliphatic rings. The van der Waals surface area contributed by atoms with Gasteiger partial charge in [0.15, 0.2) is 6.29 Å². The monoisotopic (exact) mass is 290 g/mol. The molecule has 0 amide bonds. The molecule has 1 fully saturated rings. The van der Waals surface area contributed by atoms with Crippen LogP contribution in [0.15, 0.2) is 0 Å². The van der Waals surface area contributed by atoms with Crippen LogP contribution in [0.25, 0.3) is 0 Å². The molecule has 1 rings (SSSR count). The Balaban J connectivity index is 0. The molecular weight excluding hydrogens is 281 g/mol. The van der Waals surface area contributed by atoms with Crippen molar-refractivity contribution in [3.63, 3.8) is 0 Å². The summed E-state index contributed by atoms with van der Waals surface area (Å²) in [6.45, 7) is -2.03. The van der Waals surface area contributed by atoms with Crippen molar-refractivity contribution in [3.8, 4) is 0 Å². The summed E-state index contributed by atoms with van der Waals surface area (Å²) in [6.07, 6.45) is -0.625. The minimum absolute atomic E-state index is 0. The molecule has 2 atom stereocenters. The van der Waals surface area contributed by atoms with Gasteiger partial charge in [0.05, 0.1) is 13.2 Å². The zero-order chi connectivity index (χ0) is 9.19. The Morgan fingerprint density at radius 1 is 1.50 bits per heavy atom. The quantitative estimate of drug-likeness (QED) is 0.380. The van der Waals surface area contributed by atoms with Gasteiger partial charge in [0.2, 0.25) is 0 Å². The molecule has 0 aliphatic carbocycles. The summed E-state index contributed by atoms with van der Waals surface area (Å²) in [6, 6.07) is 0. The van der Waals surface area contributed by atoms with E-state index in [1.807, 2.05) is 0 Å². The summed E-state index contributed by atoms with van der Waals surface area (Å²) in [5, 5.41) is 0. The molecule has 0 aromatic rings. The average molecular weight is 290 g/mol. The summed E-state index contributed by atoms with van der Waals surface area (Å²) in [4.78, 5) is 20.8. The molecule has 2 unspecified atom stereocenters. The van der Waals surface area contributed by atoms with E-state index < -0.39 is 6.72 Å². The maximum absolute atomic E-state index is 10.4. The molecule has 0 bridgehead atoms. The second kappa shape index (κ2) is 9.63. The first-order valence-electron chi connectivity index (χ1n) is 3.41. The predicted molar refractivity (Wildman–Crippen MR) is 40.5 cm³/mol. The molecule has 0 spiro atoms. The molecule has 0 saturated carbocycles. The van der Waals surface area contributed by atoms with Crippen LogP contribution in [0.4, 0.5) is 0 Å². The van der Waals surface area contributed by atoms with E-state index in [-0.39, 0.29) is 122 Å². The van der Waals surface area contributed by atoms with Crippen molar-refractivity contribution in [1.29, 1.82) is 0 Å². The normalized spacial score (nSPS) is 26.5. The van der Waals surface area contributed by atoms with Crippen molar-refractivity contribution < 1.29 is 127 Å². The summed E-state index contributed by atoms with van der Waals surface area (Å²) >= 11 is 4.03. The second-order valence-electron chi connectivity index (χ2n) is 2.40. The summed E-state index contributed by atoms with van der Waals surface area (Å²) in [7, 11) is 0. The zero-order valence-electron chi connectivity index (χ0n) is 8.47. The van der Waals surface area contributed by atoms with E-state index in [0.29, 0.717) is 6.61 Å². The van der Waals surface area contributed by atoms with E-state index in [9.17, 15) is 9.79 Å². The fourth-order valence-corrected chi connectivity index (χ4v) is 1.39. The van der Waals surface area contributed by atoms with Crippen molar-refractivity contribution in [2.24, 2.45) is 0 Å². The van der Waals surface area contributed by atoms with Gasteiger partial charge < -0.3 is 23.8 Å². The Morgan fingerprint density at radius 3 is 2.43 bits per heavy atom. The van der Waals surface area contributed by atoms with Crippen LogP contribution in [0.2, 0.25) is 0 Å². The molecule has 0 radical (unpaired) electrons. The first-order chi connectivity index (χ1) is 5.47. The third-order valence-corrected chi connectivity index (χ3v) is 2.10. The van der Waals surface area contributed by atoms with Gasteiger partial charge in [-0.15, -0.1) is 11.8 Å². The van der Waals surface area contributed by atoms with Crippen LogP contribution >= 0.6 is 6.72 Å². The average Bonchev–Trinajstić information content (AvgIpc) is 2.30. The van der Waals surface area contributed by atoms with E-state index >= 15 is 0 Å². The van der Waals surface area contributed by atoms with E-state index in [2.05, 4.69) is 16.3 Å². The van der Waals surface area contributed by atoms with Crippen molar-refractivity contribution >= 4 is 18.5 Å². The van der Waals surface area contributed by atoms with Crippen molar-refractivity contribution in [1.82, 2.24) is 0 Å². The summed E-state index contributed by atoms with van der Waals surface area (Å²) in [5.41, 5.74) is 0. The number of hydrogen-bond acceptors (Lipinski definition) is 6. The fourth-order valence-electron chi connectivity index (χ4n) is 0.854. The third-order valence-electron chi connectivity index (χ3n) is 1.32. The van der Waals surface area contributed by atoms with Crippen molar-refractivity contribution in [2.75, 3.05) is 13.2 Å². The van der Waals surface area contributed by atoms with Gasteiger partial charge in [-0.05, 0) is 6.92 Å². The van der Waals surface area contributed by atoms with Gasteiger partial charge in [0.1, 0.15) is 6.10 Å². The van der Waals surface area contributed by atoms with Crippen LogP contribution in [0.5, 0.6) is 0 Å². The Labute approximate surface area is 173 Å². The van der Waals surface area contributed by atoms with Crippen LogP contribution in [0.1, 0.15) is 6.92 Å². The molecule has 0 aromatic carbocycles. The molecular formula is C5H9K2O5PS. The zero-order valence-corrected chi connectivity index (χ0v) is 16.4. The Morgan fingerprint density at radius 2 is 2.07 bits per heavy atom. The van der Waals surface area contributed by atoms with Crippen LogP contribution in [-0.4, -0.2) is 25.6 Å². The fraction of sp³-hybridized carbons (Fsp3) is 1.00. The van der Waals surface area contributed by atoms with Gasteiger partial charge in [-0.1, -0.05) is 6.72 Å². The largest absolute Gasteiger partial charge is 1.00 e. The minimum Gasteiger partial charge on any atom is -0.812 e. The maximum atomic E-state index is 10.4. The topological polar surface area (TPSA) is 73.8 Å². The van der Waals surface area contributed by atoms with Gasteiger partial charge >= 0.3 is 103 Å². The number of hydrogen-bond donors (Lipinski definition) is 0. The Hall–Kier alpha value is 3.72. The first kappa shape index (κ1) is 20.0.